The van der Waals surface area contributed by atoms with Crippen LogP contribution in [-0.2, 0) is 5.41 Å². The van der Waals surface area contributed by atoms with E-state index in [2.05, 4.69) is 243 Å². The molecule has 9 aromatic carbocycles. The lowest BCUT2D eigenvalue weighted by Gasteiger charge is -2.32. The third kappa shape index (κ3) is 6.45. The highest BCUT2D eigenvalue weighted by atomic mass is 15.1. The lowest BCUT2D eigenvalue weighted by atomic mass is 9.73. The van der Waals surface area contributed by atoms with Crippen LogP contribution in [0.5, 0.6) is 0 Å². The van der Waals surface area contributed by atoms with Crippen molar-refractivity contribution in [2.45, 2.75) is 44.9 Å². The van der Waals surface area contributed by atoms with E-state index in [-0.39, 0.29) is 5.41 Å². The lowest BCUT2D eigenvalue weighted by molar-refractivity contribution is 0.490. The summed E-state index contributed by atoms with van der Waals surface area (Å²) >= 11 is 0. The molecular weight excluding hydrogens is 795 g/mol. The Hall–Kier alpha value is -7.74. The minimum absolute atomic E-state index is 0.0755. The number of allylic oxidation sites excluding steroid dienone is 4. The number of hydrogen-bond acceptors (Lipinski definition) is 1. The number of para-hydroxylation sites is 2. The van der Waals surface area contributed by atoms with E-state index < -0.39 is 0 Å². The van der Waals surface area contributed by atoms with Gasteiger partial charge in [0, 0.05) is 22.5 Å². The summed E-state index contributed by atoms with van der Waals surface area (Å²) in [5.41, 5.74) is 24.7. The summed E-state index contributed by atoms with van der Waals surface area (Å²) in [7, 11) is 0. The molecule has 0 radical (unpaired) electrons. The third-order valence-corrected chi connectivity index (χ3v) is 14.7. The van der Waals surface area contributed by atoms with E-state index in [0.29, 0.717) is 0 Å². The van der Waals surface area contributed by atoms with Gasteiger partial charge in [-0.1, -0.05) is 196 Å². The SMILES string of the molecule is CCC1(CC)c2cc(/C=C/c3ccc(-c4cc(-c5ccccc5)c5c(c4C4=CC=CCC4)-c4cccc6cccc-5c46)cc3)ccc2-c2ccc(N(c3ccccc3)c3ccccc3)cc21. The van der Waals surface area contributed by atoms with Crippen molar-refractivity contribution < 1.29 is 0 Å². The van der Waals surface area contributed by atoms with Gasteiger partial charge in [0.15, 0.2) is 0 Å². The Bertz CT molecular complexity index is 3360. The average Bonchev–Trinajstić information content (AvgIpc) is 3.87. The first-order valence-corrected chi connectivity index (χ1v) is 23.8. The molecule has 0 heterocycles. The molecule has 9 aromatic rings. The topological polar surface area (TPSA) is 3.24 Å². The number of anilines is 3. The van der Waals surface area contributed by atoms with Gasteiger partial charge in [0.05, 0.1) is 0 Å². The highest BCUT2D eigenvalue weighted by Crippen LogP contribution is 2.57. The monoisotopic (exact) mass is 845 g/mol. The molecule has 0 aromatic heterocycles. The zero-order valence-corrected chi connectivity index (χ0v) is 37.6. The summed E-state index contributed by atoms with van der Waals surface area (Å²) in [6, 6.07) is 72.2. The molecule has 66 heavy (non-hydrogen) atoms. The van der Waals surface area contributed by atoms with E-state index in [0.717, 1.165) is 37.1 Å². The van der Waals surface area contributed by atoms with Crippen LogP contribution in [0.3, 0.4) is 0 Å². The first kappa shape index (κ1) is 39.8. The maximum atomic E-state index is 2.48. The molecule has 0 bridgehead atoms. The molecule has 0 unspecified atom stereocenters. The molecular formula is C65H51N. The number of fused-ring (bicyclic) bond motifs is 6. The van der Waals surface area contributed by atoms with Crippen LogP contribution in [0.15, 0.2) is 212 Å². The van der Waals surface area contributed by atoms with Gasteiger partial charge in [-0.05, 0) is 168 Å². The quantitative estimate of drug-likeness (QED) is 0.124. The van der Waals surface area contributed by atoms with E-state index in [1.807, 2.05) is 0 Å². The number of benzene rings is 9. The maximum absolute atomic E-state index is 2.48. The summed E-state index contributed by atoms with van der Waals surface area (Å²) < 4.78 is 0. The first-order valence-electron chi connectivity index (χ1n) is 23.8. The largest absolute Gasteiger partial charge is 0.310 e. The smallest absolute Gasteiger partial charge is 0.0465 e. The van der Waals surface area contributed by atoms with Gasteiger partial charge in [-0.3, -0.25) is 0 Å². The van der Waals surface area contributed by atoms with E-state index in [1.54, 1.807) is 0 Å². The fraction of sp³-hybridized carbons (Fsp3) is 0.108. The van der Waals surface area contributed by atoms with Crippen LogP contribution in [0.1, 0.15) is 67.3 Å². The van der Waals surface area contributed by atoms with Crippen LogP contribution in [0.2, 0.25) is 0 Å². The van der Waals surface area contributed by atoms with Crippen molar-refractivity contribution >= 4 is 45.6 Å². The van der Waals surface area contributed by atoms with Crippen LogP contribution in [0.25, 0.3) is 84.1 Å². The summed E-state index contributed by atoms with van der Waals surface area (Å²) in [4.78, 5) is 2.39. The molecule has 0 fully saturated rings. The molecule has 0 atom stereocenters. The number of rotatable bonds is 10. The molecule has 12 rings (SSSR count). The van der Waals surface area contributed by atoms with Crippen molar-refractivity contribution in [2.24, 2.45) is 0 Å². The average molecular weight is 846 g/mol. The van der Waals surface area contributed by atoms with E-state index in [9.17, 15) is 0 Å². The van der Waals surface area contributed by atoms with Crippen LogP contribution in [0, 0.1) is 0 Å². The van der Waals surface area contributed by atoms with Crippen molar-refractivity contribution in [1.82, 2.24) is 0 Å². The van der Waals surface area contributed by atoms with Gasteiger partial charge >= 0.3 is 0 Å². The zero-order valence-electron chi connectivity index (χ0n) is 37.6. The molecule has 0 spiro atoms. The molecule has 0 saturated carbocycles. The van der Waals surface area contributed by atoms with Gasteiger partial charge in [-0.2, -0.15) is 0 Å². The van der Waals surface area contributed by atoms with Crippen molar-refractivity contribution in [3.8, 4) is 55.6 Å². The summed E-state index contributed by atoms with van der Waals surface area (Å²) in [6.45, 7) is 4.72. The fourth-order valence-corrected chi connectivity index (χ4v) is 11.5. The Balaban J connectivity index is 0.913. The van der Waals surface area contributed by atoms with Crippen LogP contribution < -0.4 is 4.90 Å². The third-order valence-electron chi connectivity index (χ3n) is 14.7. The van der Waals surface area contributed by atoms with Gasteiger partial charge in [-0.25, -0.2) is 0 Å². The number of hydrogen-bond donors (Lipinski definition) is 0. The van der Waals surface area contributed by atoms with E-state index in [1.165, 1.54) is 105 Å². The van der Waals surface area contributed by atoms with Gasteiger partial charge in [0.1, 0.15) is 0 Å². The van der Waals surface area contributed by atoms with Crippen LogP contribution in [0.4, 0.5) is 17.1 Å². The molecule has 0 aliphatic heterocycles. The summed E-state index contributed by atoms with van der Waals surface area (Å²) in [5.74, 6) is 0. The molecule has 1 heteroatoms. The normalized spacial score (nSPS) is 14.0. The lowest BCUT2D eigenvalue weighted by Crippen LogP contribution is -2.23. The highest BCUT2D eigenvalue weighted by Gasteiger charge is 2.41. The van der Waals surface area contributed by atoms with Gasteiger partial charge < -0.3 is 4.90 Å². The zero-order chi connectivity index (χ0) is 44.2. The maximum Gasteiger partial charge on any atom is 0.0465 e. The predicted molar refractivity (Wildman–Crippen MR) is 282 cm³/mol. The predicted octanol–water partition coefficient (Wildman–Crippen LogP) is 18.3. The first-order chi connectivity index (χ1) is 32.6. The van der Waals surface area contributed by atoms with Gasteiger partial charge in [-0.15, -0.1) is 0 Å². The van der Waals surface area contributed by atoms with E-state index >= 15 is 0 Å². The molecule has 1 nitrogen and oxygen atoms in total. The summed E-state index contributed by atoms with van der Waals surface area (Å²) in [6.07, 6.45) is 15.6. The Labute approximate surface area is 389 Å². The Morgan fingerprint density at radius 3 is 1.68 bits per heavy atom. The fourth-order valence-electron chi connectivity index (χ4n) is 11.5. The standard InChI is InChI=1S/C65H51N/c1-3-65(4-2)59-41-45(35-39-53(59)54-40-38-52(42-60(54)65)66(50-25-13-7-14-26-50)51-27-15-8-16-28-51)32-31-44-33-36-47(37-34-44)57-43-58(46-19-9-5-10-20-46)63-55-29-17-23-48-24-18-30-56(61(48)55)64(63)62(57)49-21-11-6-12-22-49/h5-11,13-21,23-43H,3-4,12,22H2,1-2H3/b32-31+. The van der Waals surface area contributed by atoms with Crippen molar-refractivity contribution in [1.29, 1.82) is 0 Å². The van der Waals surface area contributed by atoms with Crippen molar-refractivity contribution in [3.63, 3.8) is 0 Å². The second-order valence-electron chi connectivity index (χ2n) is 18.1. The molecule has 3 aliphatic rings. The second kappa shape index (κ2) is 16.4. The molecule has 316 valence electrons. The minimum Gasteiger partial charge on any atom is -0.310 e. The second-order valence-corrected chi connectivity index (χ2v) is 18.1. The molecule has 0 amide bonds. The van der Waals surface area contributed by atoms with E-state index in [4.69, 9.17) is 0 Å². The number of nitrogens with zero attached hydrogens (tertiary/aromatic N) is 1. The minimum atomic E-state index is -0.0755. The van der Waals surface area contributed by atoms with Gasteiger partial charge in [0.25, 0.3) is 0 Å². The molecule has 0 N–H and O–H groups in total. The Kier molecular flexibility index (Phi) is 9.87. The van der Waals surface area contributed by atoms with Crippen molar-refractivity contribution in [2.75, 3.05) is 4.90 Å². The van der Waals surface area contributed by atoms with Crippen LogP contribution >= 0.6 is 0 Å². The Morgan fingerprint density at radius 1 is 0.455 bits per heavy atom. The Morgan fingerprint density at radius 2 is 1.03 bits per heavy atom. The molecule has 3 aliphatic carbocycles. The molecule has 0 saturated heterocycles. The highest BCUT2D eigenvalue weighted by molar-refractivity contribution is 6.21. The summed E-state index contributed by atoms with van der Waals surface area (Å²) in [5, 5.41) is 2.67. The van der Waals surface area contributed by atoms with Gasteiger partial charge in [0.2, 0.25) is 0 Å². The van der Waals surface area contributed by atoms with Crippen LogP contribution in [-0.4, -0.2) is 0 Å². The van der Waals surface area contributed by atoms with Crippen molar-refractivity contribution in [3.05, 3.63) is 240 Å².